The molecule has 72 valence electrons. The summed E-state index contributed by atoms with van der Waals surface area (Å²) in [4.78, 5) is 0. The average molecular weight is 432 g/mol. The molecule has 0 aromatic carbocycles. The monoisotopic (exact) mass is 432 g/mol. The Morgan fingerprint density at radius 2 is 0.750 bits per heavy atom. The molecule has 0 aromatic rings. The fraction of sp³-hybridized carbons (Fsp3) is 0. The van der Waals surface area contributed by atoms with Gasteiger partial charge in [0.15, 0.2) is 0 Å². The van der Waals surface area contributed by atoms with Crippen LogP contribution in [0.2, 0.25) is 0 Å². The van der Waals surface area contributed by atoms with Gasteiger partial charge in [-0.1, -0.05) is 0 Å². The van der Waals surface area contributed by atoms with Crippen LogP contribution in [0.1, 0.15) is 0 Å². The third-order valence-electron chi connectivity index (χ3n) is 0.333. The van der Waals surface area contributed by atoms with Crippen LogP contribution in [0.4, 0.5) is 0 Å². The van der Waals surface area contributed by atoms with E-state index in [1.54, 1.807) is 0 Å². The first kappa shape index (κ1) is 14.4. The van der Waals surface area contributed by atoms with Crippen LogP contribution < -0.4 is 0 Å². The Kier molecular flexibility index (Phi) is 14.2. The van der Waals surface area contributed by atoms with Crippen molar-refractivity contribution < 1.29 is 0 Å². The molecule has 12 heavy (non-hydrogen) atoms. The first-order valence-electron chi connectivity index (χ1n) is 2.00. The van der Waals surface area contributed by atoms with E-state index in [4.69, 9.17) is 0 Å². The Hall–Kier alpha value is 4.37. The average Bonchev–Trinajstić information content (AvgIpc) is 2.05. The van der Waals surface area contributed by atoms with E-state index in [2.05, 4.69) is 0 Å². The molecule has 0 nitrogen and oxygen atoms in total. The molecule has 0 radical (unpaired) electrons. The first-order valence-corrected chi connectivity index (χ1v) is 20.2. The predicted octanol–water partition coefficient (Wildman–Crippen LogP) is 6.75. The summed E-state index contributed by atoms with van der Waals surface area (Å²) in [5.41, 5.74) is 0. The molecule has 1 fully saturated rings. The fourth-order valence-electron chi connectivity index (χ4n) is 0.136. The minimum atomic E-state index is 0.665. The van der Waals surface area contributed by atoms with Crippen molar-refractivity contribution in [2.45, 2.75) is 0 Å². The minimum absolute atomic E-state index is 0.665. The molecule has 1 rings (SSSR count). The molecule has 12 heteroatoms. The van der Waals surface area contributed by atoms with Crippen LogP contribution >= 0.6 is 107 Å². The van der Waals surface area contributed by atoms with Crippen molar-refractivity contribution in [3.63, 3.8) is 0 Å². The van der Waals surface area contributed by atoms with Crippen LogP contribution in [0.5, 0.6) is 0 Å². The van der Waals surface area contributed by atoms with Crippen molar-refractivity contribution in [1.29, 1.82) is 0 Å². The molecule has 0 aromatic heterocycles. The van der Waals surface area contributed by atoms with Crippen LogP contribution in [-0.4, -0.2) is 12.7 Å². The molecule has 1 aliphatic heterocycles. The van der Waals surface area contributed by atoms with Gasteiger partial charge in [0.25, 0.3) is 0 Å². The van der Waals surface area contributed by atoms with Crippen LogP contribution in [0.25, 0.3) is 0 Å². The SMILES string of the molecule is S1SSSSS[Se]SSSSS1. The molecule has 0 N–H and O–H groups in total. The van der Waals surface area contributed by atoms with Gasteiger partial charge in [-0.3, -0.25) is 0 Å². The summed E-state index contributed by atoms with van der Waals surface area (Å²) >= 11 is 0.665. The molecule has 1 heterocycles. The van der Waals surface area contributed by atoms with Gasteiger partial charge in [0.1, 0.15) is 0 Å². The van der Waals surface area contributed by atoms with E-state index >= 15 is 0 Å². The van der Waals surface area contributed by atoms with Crippen LogP contribution in [0, 0.1) is 0 Å². The molecule has 0 atom stereocenters. The van der Waals surface area contributed by atoms with Gasteiger partial charge in [0.05, 0.1) is 0 Å². The molecule has 0 bridgehead atoms. The zero-order chi connectivity index (χ0) is 8.49. The zero-order valence-corrected chi connectivity index (χ0v) is 15.6. The van der Waals surface area contributed by atoms with E-state index in [-0.39, 0.29) is 0 Å². The molecule has 1 aliphatic rings. The van der Waals surface area contributed by atoms with Crippen molar-refractivity contribution in [1.82, 2.24) is 0 Å². The van der Waals surface area contributed by atoms with Gasteiger partial charge in [0, 0.05) is 0 Å². The standard InChI is InChI=1S/S11Se/c1-2-4-6-8-10-12-11-9-7-5-3-1. The predicted molar refractivity (Wildman–Crippen MR) is 89.3 cm³/mol. The normalized spacial score (nSPS) is 24.0. The maximum absolute atomic E-state index is 1.98. The van der Waals surface area contributed by atoms with Gasteiger partial charge in [-0.05, 0) is 0 Å². The molecule has 0 aliphatic carbocycles. The van der Waals surface area contributed by atoms with E-state index in [9.17, 15) is 0 Å². The van der Waals surface area contributed by atoms with Gasteiger partial charge in [-0.2, -0.15) is 0 Å². The third kappa shape index (κ3) is 9.59. The van der Waals surface area contributed by atoms with Gasteiger partial charge in [-0.25, -0.2) is 0 Å². The summed E-state index contributed by atoms with van der Waals surface area (Å²) < 4.78 is 0. The van der Waals surface area contributed by atoms with E-state index < -0.39 is 0 Å². The van der Waals surface area contributed by atoms with Gasteiger partial charge in [0.2, 0.25) is 0 Å². The molecule has 1 saturated heterocycles. The Morgan fingerprint density at radius 3 is 1.17 bits per heavy atom. The molecule has 0 saturated carbocycles. The van der Waals surface area contributed by atoms with E-state index in [1.165, 1.54) is 0 Å². The van der Waals surface area contributed by atoms with Crippen LogP contribution in [-0.2, 0) is 0 Å². The summed E-state index contributed by atoms with van der Waals surface area (Å²) in [5.74, 6) is 0. The van der Waals surface area contributed by atoms with Crippen molar-refractivity contribution in [3.05, 3.63) is 0 Å². The van der Waals surface area contributed by atoms with Crippen LogP contribution in [0.15, 0.2) is 0 Å². The molecule has 0 amide bonds. The summed E-state index contributed by atoms with van der Waals surface area (Å²) in [6.45, 7) is 0. The summed E-state index contributed by atoms with van der Waals surface area (Å²) in [6, 6.07) is 0. The summed E-state index contributed by atoms with van der Waals surface area (Å²) in [5, 5.41) is 0. The van der Waals surface area contributed by atoms with E-state index in [0.29, 0.717) is 12.7 Å². The molecule has 0 unspecified atom stereocenters. The van der Waals surface area contributed by atoms with Crippen molar-refractivity contribution in [2.75, 3.05) is 0 Å². The quantitative estimate of drug-likeness (QED) is 0.295. The Labute approximate surface area is 117 Å². The Bertz CT molecular complexity index is 48.0. The second kappa shape index (κ2) is 11.8. The first-order chi connectivity index (χ1) is 6.00. The third-order valence-corrected chi connectivity index (χ3v) is 33.6. The summed E-state index contributed by atoms with van der Waals surface area (Å²) in [7, 11) is 20.8. The molecular formula is S11Se. The van der Waals surface area contributed by atoms with Crippen LogP contribution in [0.3, 0.4) is 0 Å². The topological polar surface area (TPSA) is 0 Å². The second-order valence-corrected chi connectivity index (χ2v) is 26.1. The second-order valence-electron chi connectivity index (χ2n) is 0.816. The fourth-order valence-corrected chi connectivity index (χ4v) is 43.2. The van der Waals surface area contributed by atoms with E-state index in [0.717, 1.165) is 0 Å². The van der Waals surface area contributed by atoms with E-state index in [1.807, 2.05) is 107 Å². The maximum atomic E-state index is 1.98. The Balaban J connectivity index is 2.00. The van der Waals surface area contributed by atoms with Crippen molar-refractivity contribution in [2.24, 2.45) is 0 Å². The van der Waals surface area contributed by atoms with Gasteiger partial charge < -0.3 is 0 Å². The molecular weight excluding hydrogens is 432 g/mol. The van der Waals surface area contributed by atoms with Crippen molar-refractivity contribution >= 4 is 120 Å². The number of rotatable bonds is 0. The van der Waals surface area contributed by atoms with Crippen molar-refractivity contribution in [3.8, 4) is 0 Å². The zero-order valence-electron chi connectivity index (χ0n) is 4.90. The number of hydrogen-bond acceptors (Lipinski definition) is 11. The van der Waals surface area contributed by atoms with Gasteiger partial charge >= 0.3 is 120 Å². The Morgan fingerprint density at radius 1 is 0.417 bits per heavy atom. The molecule has 0 spiro atoms. The summed E-state index contributed by atoms with van der Waals surface area (Å²) in [6.07, 6.45) is 0. The van der Waals surface area contributed by atoms with Gasteiger partial charge in [-0.15, -0.1) is 0 Å². The number of hydrogen-bond donors (Lipinski definition) is 0.